The van der Waals surface area contributed by atoms with Crippen molar-refractivity contribution in [2.24, 2.45) is 11.8 Å². The summed E-state index contributed by atoms with van der Waals surface area (Å²) in [4.78, 5) is 41.6. The van der Waals surface area contributed by atoms with Crippen molar-refractivity contribution in [2.75, 3.05) is 6.54 Å². The average molecular weight is 460 g/mol. The van der Waals surface area contributed by atoms with E-state index in [1.54, 1.807) is 29.2 Å². The van der Waals surface area contributed by atoms with Crippen molar-refractivity contribution in [3.63, 3.8) is 0 Å². The van der Waals surface area contributed by atoms with Gasteiger partial charge in [-0.1, -0.05) is 60.7 Å². The van der Waals surface area contributed by atoms with Crippen LogP contribution in [0, 0.1) is 11.8 Å². The molecule has 0 aromatic heterocycles. The largest absolute Gasteiger partial charge is 0.415 e. The summed E-state index contributed by atoms with van der Waals surface area (Å²) in [5.74, 6) is -0.428. The fourth-order valence-electron chi connectivity index (χ4n) is 5.25. The van der Waals surface area contributed by atoms with Crippen LogP contribution < -0.4 is 4.74 Å². The number of piperidine rings is 1. The van der Waals surface area contributed by atoms with Crippen molar-refractivity contribution in [1.29, 1.82) is 0 Å². The Morgan fingerprint density at radius 3 is 2.35 bits per heavy atom. The summed E-state index contributed by atoms with van der Waals surface area (Å²) in [6, 6.07) is 18.3. The number of nitrogens with zero attached hydrogens (tertiary/aromatic N) is 3. The Bertz CT molecular complexity index is 1120. The zero-order chi connectivity index (χ0) is 23.9. The van der Waals surface area contributed by atoms with Gasteiger partial charge in [0.1, 0.15) is 5.75 Å². The van der Waals surface area contributed by atoms with Gasteiger partial charge in [0.2, 0.25) is 11.8 Å². The zero-order valence-electron chi connectivity index (χ0n) is 19.5. The molecule has 2 saturated heterocycles. The first-order chi connectivity index (χ1) is 16.3. The van der Waals surface area contributed by atoms with Crippen LogP contribution in [0.2, 0.25) is 0 Å². The number of amides is 3. The zero-order valence-corrected chi connectivity index (χ0v) is 19.5. The number of carbonyl (C=O) groups excluding carboxylic acids is 3. The van der Waals surface area contributed by atoms with Crippen molar-refractivity contribution in [1.82, 2.24) is 14.9 Å². The highest BCUT2D eigenvalue weighted by Gasteiger charge is 2.52. The van der Waals surface area contributed by atoms with E-state index in [2.05, 4.69) is 6.08 Å². The summed E-state index contributed by atoms with van der Waals surface area (Å²) < 4.78 is 5.57. The molecule has 3 aliphatic heterocycles. The van der Waals surface area contributed by atoms with Gasteiger partial charge in [0.05, 0.1) is 12.0 Å². The van der Waals surface area contributed by atoms with E-state index in [9.17, 15) is 14.4 Å². The van der Waals surface area contributed by atoms with E-state index in [-0.39, 0.29) is 24.2 Å². The molecule has 0 N–H and O–H groups in total. The highest BCUT2D eigenvalue weighted by molar-refractivity contribution is 5.98. The monoisotopic (exact) mass is 459 g/mol. The van der Waals surface area contributed by atoms with E-state index in [1.807, 2.05) is 61.3 Å². The van der Waals surface area contributed by atoms with Crippen LogP contribution in [-0.4, -0.2) is 51.0 Å². The minimum Gasteiger partial charge on any atom is -0.410 e. The van der Waals surface area contributed by atoms with Crippen LogP contribution >= 0.6 is 0 Å². The molecule has 7 nitrogen and oxygen atoms in total. The number of carbonyl (C=O) groups is 3. The molecule has 3 heterocycles. The van der Waals surface area contributed by atoms with Crippen LogP contribution in [0.1, 0.15) is 32.3 Å². The second kappa shape index (κ2) is 8.72. The molecule has 0 saturated carbocycles. The third-order valence-electron chi connectivity index (χ3n) is 6.98. The second-order valence-electron chi connectivity index (χ2n) is 9.89. The van der Waals surface area contributed by atoms with Gasteiger partial charge in [0.25, 0.3) is 0 Å². The van der Waals surface area contributed by atoms with E-state index in [4.69, 9.17) is 4.74 Å². The highest BCUT2D eigenvalue weighted by Crippen LogP contribution is 2.39. The Morgan fingerprint density at radius 1 is 1.00 bits per heavy atom. The molecule has 0 spiro atoms. The first-order valence-electron chi connectivity index (χ1n) is 11.7. The third kappa shape index (κ3) is 4.12. The van der Waals surface area contributed by atoms with Gasteiger partial charge in [0, 0.05) is 25.0 Å². The molecule has 2 aromatic rings. The maximum atomic E-state index is 13.9. The summed E-state index contributed by atoms with van der Waals surface area (Å²) in [6.45, 7) is 4.93. The third-order valence-corrected chi connectivity index (χ3v) is 6.98. The van der Waals surface area contributed by atoms with E-state index in [0.29, 0.717) is 25.3 Å². The molecular weight excluding hydrogens is 430 g/mol. The smallest absolute Gasteiger partial charge is 0.410 e. The number of hydrogen-bond acceptors (Lipinski definition) is 5. The Hall–Kier alpha value is -3.45. The van der Waals surface area contributed by atoms with Crippen LogP contribution in [-0.2, 0) is 16.1 Å². The van der Waals surface area contributed by atoms with Crippen LogP contribution in [0.15, 0.2) is 72.8 Å². The summed E-state index contributed by atoms with van der Waals surface area (Å²) in [6.07, 6.45) is 4.38. The van der Waals surface area contributed by atoms with E-state index in [1.165, 1.54) is 5.01 Å². The molecule has 2 bridgehead atoms. The molecule has 1 aliphatic carbocycles. The predicted octanol–water partition coefficient (Wildman–Crippen LogP) is 4.02. The number of hydrogen-bond donors (Lipinski definition) is 0. The van der Waals surface area contributed by atoms with Crippen molar-refractivity contribution >= 4 is 17.9 Å². The molecule has 3 amide bonds. The van der Waals surface area contributed by atoms with E-state index >= 15 is 0 Å². The van der Waals surface area contributed by atoms with Crippen LogP contribution in [0.3, 0.4) is 0 Å². The Balaban J connectivity index is 1.38. The fourth-order valence-corrected chi connectivity index (χ4v) is 5.25. The molecule has 2 aromatic carbocycles. The van der Waals surface area contributed by atoms with Crippen LogP contribution in [0.5, 0.6) is 5.75 Å². The summed E-state index contributed by atoms with van der Waals surface area (Å²) >= 11 is 0. The van der Waals surface area contributed by atoms with Crippen molar-refractivity contribution in [3.8, 4) is 5.75 Å². The lowest BCUT2D eigenvalue weighted by Gasteiger charge is -2.46. The Labute approximate surface area is 199 Å². The molecule has 4 aliphatic rings. The molecule has 2 fully saturated rings. The SMILES string of the molecule is CC1(C)CC(=O)N(C(=O)[C@@H]2C[C@@H]3C=C[C@@H]2N(C(=O)Oc2ccccc2)C3)N1Cc1ccccc1. The summed E-state index contributed by atoms with van der Waals surface area (Å²) in [7, 11) is 0. The van der Waals surface area contributed by atoms with Gasteiger partial charge in [-0.2, -0.15) is 0 Å². The maximum absolute atomic E-state index is 13.9. The number of fused-ring (bicyclic) bond motifs is 2. The van der Waals surface area contributed by atoms with E-state index in [0.717, 1.165) is 5.56 Å². The van der Waals surface area contributed by atoms with E-state index < -0.39 is 23.6 Å². The van der Waals surface area contributed by atoms with Gasteiger partial charge in [-0.3, -0.25) is 9.59 Å². The average Bonchev–Trinajstić information content (AvgIpc) is 3.07. The molecule has 176 valence electrons. The van der Waals surface area contributed by atoms with Gasteiger partial charge in [-0.15, -0.1) is 0 Å². The van der Waals surface area contributed by atoms with Gasteiger partial charge in [0.15, 0.2) is 0 Å². The molecule has 0 radical (unpaired) electrons. The fraction of sp³-hybridized carbons (Fsp3) is 0.370. The summed E-state index contributed by atoms with van der Waals surface area (Å²) in [5.41, 5.74) is 0.541. The predicted molar refractivity (Wildman–Crippen MR) is 126 cm³/mol. The molecule has 7 heteroatoms. The van der Waals surface area contributed by atoms with Crippen LogP contribution in [0.25, 0.3) is 0 Å². The highest BCUT2D eigenvalue weighted by atomic mass is 16.6. The number of para-hydroxylation sites is 1. The van der Waals surface area contributed by atoms with Crippen molar-refractivity contribution in [3.05, 3.63) is 78.4 Å². The minimum atomic E-state index is -0.497. The first-order valence-corrected chi connectivity index (χ1v) is 11.7. The normalized spacial score (nSPS) is 25.6. The van der Waals surface area contributed by atoms with Gasteiger partial charge in [-0.05, 0) is 43.9 Å². The molecule has 3 atom stereocenters. The maximum Gasteiger partial charge on any atom is 0.415 e. The number of imide groups is 1. The lowest BCUT2D eigenvalue weighted by atomic mass is 9.77. The minimum absolute atomic E-state index is 0.0514. The number of ether oxygens (including phenoxy) is 1. The van der Waals surface area contributed by atoms with Crippen molar-refractivity contribution < 1.29 is 19.1 Å². The number of rotatable bonds is 4. The molecular formula is C27H29N3O4. The second-order valence-corrected chi connectivity index (χ2v) is 9.89. The lowest BCUT2D eigenvalue weighted by Crippen LogP contribution is -2.60. The first kappa shape index (κ1) is 22.3. The quantitative estimate of drug-likeness (QED) is 0.510. The molecule has 34 heavy (non-hydrogen) atoms. The van der Waals surface area contributed by atoms with Gasteiger partial charge < -0.3 is 9.64 Å². The van der Waals surface area contributed by atoms with Crippen molar-refractivity contribution in [2.45, 2.75) is 44.8 Å². The van der Waals surface area contributed by atoms with Crippen LogP contribution in [0.4, 0.5) is 4.79 Å². The Morgan fingerprint density at radius 2 is 1.68 bits per heavy atom. The Kier molecular flexibility index (Phi) is 5.73. The summed E-state index contributed by atoms with van der Waals surface area (Å²) in [5, 5.41) is 3.22. The topological polar surface area (TPSA) is 70.2 Å². The number of hydrazine groups is 1. The molecule has 0 unspecified atom stereocenters. The number of benzene rings is 2. The lowest BCUT2D eigenvalue weighted by molar-refractivity contribution is -0.167. The van der Waals surface area contributed by atoms with Gasteiger partial charge >= 0.3 is 6.09 Å². The van der Waals surface area contributed by atoms with Gasteiger partial charge in [-0.25, -0.2) is 14.8 Å². The molecule has 6 rings (SSSR count). The standard InChI is InChI=1S/C27H29N3O4/c1-27(2)16-24(31)30(29(27)18-19-9-5-3-6-10-19)25(32)22-15-20-13-14-23(22)28(17-20)26(33)34-21-11-7-4-8-12-21/h3-14,20,22-23H,15-18H2,1-2H3/t20-,22+,23-/m0/s1.